The van der Waals surface area contributed by atoms with Crippen LogP contribution in [0.15, 0.2) is 0 Å². The molecule has 3 heteroatoms. The van der Waals surface area contributed by atoms with Gasteiger partial charge >= 0.3 is 0 Å². The van der Waals surface area contributed by atoms with E-state index in [9.17, 15) is 0 Å². The maximum atomic E-state index is 6.01. The number of anilines is 1. The van der Waals surface area contributed by atoms with Crippen LogP contribution in [0.25, 0.3) is 0 Å². The first-order valence-electron chi connectivity index (χ1n) is 5.95. The van der Waals surface area contributed by atoms with E-state index in [-0.39, 0.29) is 0 Å². The molecule has 0 aromatic carbocycles. The van der Waals surface area contributed by atoms with Gasteiger partial charge in [-0.3, -0.25) is 0 Å². The van der Waals surface area contributed by atoms with Crippen LogP contribution in [0.5, 0.6) is 0 Å². The molecular formula is C13H21N3. The Hall–Kier alpha value is -1.43. The number of terminal acetylenes is 1. The van der Waals surface area contributed by atoms with E-state index in [0.29, 0.717) is 6.54 Å². The molecule has 88 valence electrons. The minimum atomic E-state index is 0.514. The second-order valence-electron chi connectivity index (χ2n) is 4.09. The van der Waals surface area contributed by atoms with Gasteiger partial charge in [0.15, 0.2) is 0 Å². The monoisotopic (exact) mass is 219 g/mol. The predicted octanol–water partition coefficient (Wildman–Crippen LogP) is 2.53. The van der Waals surface area contributed by atoms with Crippen LogP contribution in [0.4, 0.5) is 5.82 Å². The number of nitrogen functional groups attached to an aromatic ring is 1. The van der Waals surface area contributed by atoms with Crippen LogP contribution in [-0.2, 0) is 13.0 Å². The first kappa shape index (κ1) is 12.6. The summed E-state index contributed by atoms with van der Waals surface area (Å²) < 4.78 is 1.90. The average molecular weight is 219 g/mol. The molecule has 2 N–H and O–H groups in total. The van der Waals surface area contributed by atoms with Crippen molar-refractivity contribution in [2.45, 2.75) is 52.5 Å². The average Bonchev–Trinajstić information content (AvgIpc) is 2.53. The molecule has 3 nitrogen and oxygen atoms in total. The van der Waals surface area contributed by atoms with Gasteiger partial charge in [0.2, 0.25) is 0 Å². The topological polar surface area (TPSA) is 43.8 Å². The fourth-order valence-corrected chi connectivity index (χ4v) is 1.84. The highest BCUT2D eigenvalue weighted by Gasteiger charge is 2.10. The number of aryl methyl sites for hydroxylation is 2. The molecule has 0 atom stereocenters. The predicted molar refractivity (Wildman–Crippen MR) is 68.1 cm³/mol. The van der Waals surface area contributed by atoms with E-state index in [1.165, 1.54) is 19.3 Å². The number of aromatic nitrogens is 2. The molecule has 0 bridgehead atoms. The summed E-state index contributed by atoms with van der Waals surface area (Å²) in [4.78, 5) is 4.47. The molecule has 1 aromatic rings. The van der Waals surface area contributed by atoms with Crippen molar-refractivity contribution in [1.82, 2.24) is 9.55 Å². The summed E-state index contributed by atoms with van der Waals surface area (Å²) in [5.74, 6) is 4.26. The Labute approximate surface area is 98.1 Å². The van der Waals surface area contributed by atoms with E-state index in [2.05, 4.69) is 17.8 Å². The minimum absolute atomic E-state index is 0.514. The van der Waals surface area contributed by atoms with Crippen LogP contribution in [0.1, 0.15) is 44.1 Å². The Balaban J connectivity index is 2.60. The van der Waals surface area contributed by atoms with E-state index in [0.717, 1.165) is 30.2 Å². The van der Waals surface area contributed by atoms with E-state index < -0.39 is 0 Å². The third kappa shape index (κ3) is 3.03. The van der Waals surface area contributed by atoms with E-state index in [4.69, 9.17) is 12.2 Å². The van der Waals surface area contributed by atoms with Gasteiger partial charge in [0.25, 0.3) is 0 Å². The summed E-state index contributed by atoms with van der Waals surface area (Å²) in [5.41, 5.74) is 7.01. The summed E-state index contributed by atoms with van der Waals surface area (Å²) in [6.45, 7) is 4.67. The summed E-state index contributed by atoms with van der Waals surface area (Å²) in [7, 11) is 0. The van der Waals surface area contributed by atoms with Crippen molar-refractivity contribution < 1.29 is 0 Å². The Morgan fingerprint density at radius 1 is 1.38 bits per heavy atom. The quantitative estimate of drug-likeness (QED) is 0.590. The Kier molecular flexibility index (Phi) is 4.91. The number of hydrogen-bond donors (Lipinski definition) is 1. The smallest absolute Gasteiger partial charge is 0.127 e. The molecule has 1 rings (SSSR count). The van der Waals surface area contributed by atoms with Crippen molar-refractivity contribution in [2.24, 2.45) is 0 Å². The fourth-order valence-electron chi connectivity index (χ4n) is 1.84. The highest BCUT2D eigenvalue weighted by Crippen LogP contribution is 2.16. The maximum Gasteiger partial charge on any atom is 0.127 e. The van der Waals surface area contributed by atoms with E-state index >= 15 is 0 Å². The SMILES string of the molecule is C#CCn1c(C)nc(CCCCCC)c1N. The molecule has 0 radical (unpaired) electrons. The maximum absolute atomic E-state index is 6.01. The first-order chi connectivity index (χ1) is 7.70. The molecule has 0 saturated heterocycles. The van der Waals surface area contributed by atoms with Crippen LogP contribution in [-0.4, -0.2) is 9.55 Å². The second kappa shape index (κ2) is 6.22. The highest BCUT2D eigenvalue weighted by molar-refractivity contribution is 5.38. The third-order valence-electron chi connectivity index (χ3n) is 2.79. The lowest BCUT2D eigenvalue weighted by atomic mass is 10.1. The molecule has 0 spiro atoms. The number of hydrogen-bond acceptors (Lipinski definition) is 2. The fraction of sp³-hybridized carbons (Fsp3) is 0.615. The minimum Gasteiger partial charge on any atom is -0.384 e. The lowest BCUT2D eigenvalue weighted by Crippen LogP contribution is -2.04. The van der Waals surface area contributed by atoms with Crippen LogP contribution in [0.2, 0.25) is 0 Å². The molecule has 0 amide bonds. The van der Waals surface area contributed by atoms with Crippen molar-refractivity contribution in [3.8, 4) is 12.3 Å². The number of nitrogens with zero attached hydrogens (tertiary/aromatic N) is 2. The van der Waals surface area contributed by atoms with Crippen LogP contribution < -0.4 is 5.73 Å². The van der Waals surface area contributed by atoms with E-state index in [1.54, 1.807) is 0 Å². The van der Waals surface area contributed by atoms with Gasteiger partial charge < -0.3 is 10.3 Å². The molecule has 0 saturated carbocycles. The number of rotatable bonds is 6. The molecular weight excluding hydrogens is 198 g/mol. The van der Waals surface area contributed by atoms with Crippen molar-refractivity contribution in [1.29, 1.82) is 0 Å². The van der Waals surface area contributed by atoms with Gasteiger partial charge in [0.1, 0.15) is 11.6 Å². The van der Waals surface area contributed by atoms with Crippen molar-refractivity contribution in [3.05, 3.63) is 11.5 Å². The molecule has 1 aromatic heterocycles. The molecule has 0 aliphatic carbocycles. The third-order valence-corrected chi connectivity index (χ3v) is 2.79. The standard InChI is InChI=1S/C13H21N3/c1-4-6-7-8-9-12-13(14)16(10-5-2)11(3)15-12/h2H,4,6-10,14H2,1,3H3. The van der Waals surface area contributed by atoms with Gasteiger partial charge in [0, 0.05) is 0 Å². The zero-order valence-corrected chi connectivity index (χ0v) is 10.3. The van der Waals surface area contributed by atoms with Gasteiger partial charge in [-0.1, -0.05) is 32.1 Å². The zero-order chi connectivity index (χ0) is 12.0. The van der Waals surface area contributed by atoms with Gasteiger partial charge in [0.05, 0.1) is 12.2 Å². The van der Waals surface area contributed by atoms with E-state index in [1.807, 2.05) is 11.5 Å². The van der Waals surface area contributed by atoms with Gasteiger partial charge in [-0.25, -0.2) is 4.98 Å². The molecule has 0 fully saturated rings. The summed E-state index contributed by atoms with van der Waals surface area (Å²) >= 11 is 0. The number of unbranched alkanes of at least 4 members (excludes halogenated alkanes) is 3. The van der Waals surface area contributed by atoms with Crippen LogP contribution in [0.3, 0.4) is 0 Å². The largest absolute Gasteiger partial charge is 0.384 e. The Bertz CT molecular complexity index is 371. The zero-order valence-electron chi connectivity index (χ0n) is 10.3. The van der Waals surface area contributed by atoms with Crippen LogP contribution in [0, 0.1) is 19.3 Å². The summed E-state index contributed by atoms with van der Waals surface area (Å²) in [5, 5.41) is 0. The number of imidazole rings is 1. The van der Waals surface area contributed by atoms with Crippen molar-refractivity contribution >= 4 is 5.82 Å². The molecule has 0 aliphatic heterocycles. The lowest BCUT2D eigenvalue weighted by molar-refractivity contribution is 0.662. The Morgan fingerprint density at radius 3 is 2.75 bits per heavy atom. The second-order valence-corrected chi connectivity index (χ2v) is 4.09. The van der Waals surface area contributed by atoms with Gasteiger partial charge in [-0.05, 0) is 19.8 Å². The summed E-state index contributed by atoms with van der Waals surface area (Å²) in [6.07, 6.45) is 11.2. The molecule has 1 heterocycles. The molecule has 0 aliphatic rings. The first-order valence-corrected chi connectivity index (χ1v) is 5.95. The summed E-state index contributed by atoms with van der Waals surface area (Å²) in [6, 6.07) is 0. The number of nitrogens with two attached hydrogens (primary N) is 1. The Morgan fingerprint density at radius 2 is 2.12 bits per heavy atom. The highest BCUT2D eigenvalue weighted by atomic mass is 15.1. The van der Waals surface area contributed by atoms with Gasteiger partial charge in [-0.15, -0.1) is 6.42 Å². The van der Waals surface area contributed by atoms with Crippen molar-refractivity contribution in [3.63, 3.8) is 0 Å². The van der Waals surface area contributed by atoms with Crippen molar-refractivity contribution in [2.75, 3.05) is 5.73 Å². The lowest BCUT2D eigenvalue weighted by Gasteiger charge is -2.02. The van der Waals surface area contributed by atoms with Crippen LogP contribution >= 0.6 is 0 Å². The van der Waals surface area contributed by atoms with Gasteiger partial charge in [-0.2, -0.15) is 0 Å². The molecule has 0 unspecified atom stereocenters. The normalized spacial score (nSPS) is 10.3. The molecule has 16 heavy (non-hydrogen) atoms.